The Kier molecular flexibility index (Phi) is 2.33. The number of rotatable bonds is 0. The third kappa shape index (κ3) is 1.45. The van der Waals surface area contributed by atoms with Gasteiger partial charge in [-0.1, -0.05) is 23.2 Å². The standard InChI is InChI=1S/C10H8Cl2N2/c1-5-6(2)14-10-8(12)4-3-7(11)9(10)13-5/h3-4H,1-2H3. The van der Waals surface area contributed by atoms with Crippen molar-refractivity contribution in [3.63, 3.8) is 0 Å². The fourth-order valence-corrected chi connectivity index (χ4v) is 1.63. The molecule has 0 N–H and O–H groups in total. The van der Waals surface area contributed by atoms with Crippen LogP contribution in [0.2, 0.25) is 10.0 Å². The molecule has 0 bridgehead atoms. The molecule has 2 rings (SSSR count). The Bertz CT molecular complexity index is 462. The second kappa shape index (κ2) is 3.37. The normalized spacial score (nSPS) is 10.9. The summed E-state index contributed by atoms with van der Waals surface area (Å²) in [6.07, 6.45) is 0. The van der Waals surface area contributed by atoms with Gasteiger partial charge in [-0.15, -0.1) is 0 Å². The number of nitrogens with zero attached hydrogens (tertiary/aromatic N) is 2. The SMILES string of the molecule is Cc1nc2c(Cl)ccc(Cl)c2nc1C. The number of halogens is 2. The average Bonchev–Trinajstić information content (AvgIpc) is 2.15. The van der Waals surface area contributed by atoms with Crippen molar-refractivity contribution in [3.8, 4) is 0 Å². The summed E-state index contributed by atoms with van der Waals surface area (Å²) in [5.74, 6) is 0. The molecule has 1 aromatic heterocycles. The second-order valence-electron chi connectivity index (χ2n) is 3.12. The molecule has 72 valence electrons. The van der Waals surface area contributed by atoms with Crippen LogP contribution in [-0.2, 0) is 0 Å². The molecule has 0 unspecified atom stereocenters. The lowest BCUT2D eigenvalue weighted by Gasteiger charge is -2.04. The van der Waals surface area contributed by atoms with Crippen molar-refractivity contribution in [1.29, 1.82) is 0 Å². The highest BCUT2D eigenvalue weighted by Gasteiger charge is 2.08. The van der Waals surface area contributed by atoms with E-state index in [2.05, 4.69) is 9.97 Å². The van der Waals surface area contributed by atoms with Crippen molar-refractivity contribution in [1.82, 2.24) is 9.97 Å². The Hall–Kier alpha value is -0.860. The van der Waals surface area contributed by atoms with E-state index in [0.717, 1.165) is 11.4 Å². The van der Waals surface area contributed by atoms with Crippen molar-refractivity contribution in [2.24, 2.45) is 0 Å². The molecule has 0 spiro atoms. The van der Waals surface area contributed by atoms with Crippen molar-refractivity contribution < 1.29 is 0 Å². The topological polar surface area (TPSA) is 25.8 Å². The number of fused-ring (bicyclic) bond motifs is 1. The van der Waals surface area contributed by atoms with E-state index in [1.54, 1.807) is 12.1 Å². The highest BCUT2D eigenvalue weighted by Crippen LogP contribution is 2.27. The number of hydrogen-bond donors (Lipinski definition) is 0. The molecule has 2 nitrogen and oxygen atoms in total. The molecule has 0 radical (unpaired) electrons. The monoisotopic (exact) mass is 226 g/mol. The zero-order valence-electron chi connectivity index (χ0n) is 7.81. The molecule has 1 heterocycles. The molecule has 1 aromatic carbocycles. The van der Waals surface area contributed by atoms with Crippen LogP contribution in [0.1, 0.15) is 11.4 Å². The van der Waals surface area contributed by atoms with Gasteiger partial charge in [0.1, 0.15) is 11.0 Å². The summed E-state index contributed by atoms with van der Waals surface area (Å²) in [6.45, 7) is 3.80. The Morgan fingerprint density at radius 2 is 1.21 bits per heavy atom. The van der Waals surface area contributed by atoms with Crippen molar-refractivity contribution in [3.05, 3.63) is 33.6 Å². The van der Waals surface area contributed by atoms with Crippen LogP contribution in [-0.4, -0.2) is 9.97 Å². The number of aromatic nitrogens is 2. The van der Waals surface area contributed by atoms with Crippen LogP contribution in [0.5, 0.6) is 0 Å². The Balaban J connectivity index is 2.94. The predicted molar refractivity (Wildman–Crippen MR) is 59.0 cm³/mol. The number of benzene rings is 1. The Labute approximate surface area is 91.9 Å². The molecule has 0 amide bonds. The first-order valence-corrected chi connectivity index (χ1v) is 4.94. The van der Waals surface area contributed by atoms with Crippen molar-refractivity contribution in [2.45, 2.75) is 13.8 Å². The molecule has 0 aliphatic heterocycles. The smallest absolute Gasteiger partial charge is 0.109 e. The minimum Gasteiger partial charge on any atom is -0.248 e. The van der Waals surface area contributed by atoms with Crippen LogP contribution in [0.3, 0.4) is 0 Å². The van der Waals surface area contributed by atoms with Gasteiger partial charge in [-0.2, -0.15) is 0 Å². The summed E-state index contributed by atoms with van der Waals surface area (Å²) in [6, 6.07) is 3.46. The van der Waals surface area contributed by atoms with Crippen LogP contribution in [0.4, 0.5) is 0 Å². The lowest BCUT2D eigenvalue weighted by molar-refractivity contribution is 1.10. The van der Waals surface area contributed by atoms with Crippen LogP contribution < -0.4 is 0 Å². The van der Waals surface area contributed by atoms with Gasteiger partial charge >= 0.3 is 0 Å². The molecule has 0 atom stereocenters. The summed E-state index contributed by atoms with van der Waals surface area (Å²) in [4.78, 5) is 8.71. The third-order valence-electron chi connectivity index (χ3n) is 2.14. The molecule has 0 aliphatic carbocycles. The molecule has 0 fully saturated rings. The molecule has 0 saturated heterocycles. The fourth-order valence-electron chi connectivity index (χ4n) is 1.24. The molecule has 0 aliphatic rings. The number of aryl methyl sites for hydroxylation is 2. The van der Waals surface area contributed by atoms with Gasteiger partial charge in [-0.05, 0) is 26.0 Å². The second-order valence-corrected chi connectivity index (χ2v) is 3.94. The zero-order chi connectivity index (χ0) is 10.3. The summed E-state index contributed by atoms with van der Waals surface area (Å²) >= 11 is 12.0. The van der Waals surface area contributed by atoms with Crippen LogP contribution in [0.15, 0.2) is 12.1 Å². The van der Waals surface area contributed by atoms with E-state index < -0.39 is 0 Å². The van der Waals surface area contributed by atoms with Crippen LogP contribution in [0.25, 0.3) is 11.0 Å². The van der Waals surface area contributed by atoms with Crippen LogP contribution in [0, 0.1) is 13.8 Å². The maximum absolute atomic E-state index is 5.99. The van der Waals surface area contributed by atoms with Gasteiger partial charge in [-0.25, -0.2) is 9.97 Å². The van der Waals surface area contributed by atoms with Crippen LogP contribution >= 0.6 is 23.2 Å². The van der Waals surface area contributed by atoms with E-state index >= 15 is 0 Å². The van der Waals surface area contributed by atoms with E-state index in [4.69, 9.17) is 23.2 Å². The highest BCUT2D eigenvalue weighted by molar-refractivity contribution is 6.39. The summed E-state index contributed by atoms with van der Waals surface area (Å²) in [5.41, 5.74) is 3.09. The molecular weight excluding hydrogens is 219 g/mol. The average molecular weight is 227 g/mol. The van der Waals surface area contributed by atoms with Gasteiger partial charge in [0.15, 0.2) is 0 Å². The maximum Gasteiger partial charge on any atom is 0.109 e. The predicted octanol–water partition coefficient (Wildman–Crippen LogP) is 3.55. The molecular formula is C10H8Cl2N2. The lowest BCUT2D eigenvalue weighted by Crippen LogP contribution is -1.94. The van der Waals surface area contributed by atoms with Gasteiger partial charge < -0.3 is 0 Å². The van der Waals surface area contributed by atoms with E-state index in [9.17, 15) is 0 Å². The van der Waals surface area contributed by atoms with E-state index in [0.29, 0.717) is 21.1 Å². The molecule has 4 heteroatoms. The van der Waals surface area contributed by atoms with Gasteiger partial charge in [-0.3, -0.25) is 0 Å². The van der Waals surface area contributed by atoms with E-state index in [1.165, 1.54) is 0 Å². The number of hydrogen-bond acceptors (Lipinski definition) is 2. The highest BCUT2D eigenvalue weighted by atomic mass is 35.5. The van der Waals surface area contributed by atoms with E-state index in [1.807, 2.05) is 13.8 Å². The van der Waals surface area contributed by atoms with Crippen molar-refractivity contribution in [2.75, 3.05) is 0 Å². The third-order valence-corrected chi connectivity index (χ3v) is 2.75. The Morgan fingerprint density at radius 3 is 1.57 bits per heavy atom. The first-order valence-electron chi connectivity index (χ1n) is 4.18. The summed E-state index contributed by atoms with van der Waals surface area (Å²) in [5, 5.41) is 1.17. The lowest BCUT2D eigenvalue weighted by atomic mass is 10.2. The molecule has 14 heavy (non-hydrogen) atoms. The van der Waals surface area contributed by atoms with E-state index in [-0.39, 0.29) is 0 Å². The Morgan fingerprint density at radius 1 is 0.857 bits per heavy atom. The first kappa shape index (κ1) is 9.69. The molecule has 2 aromatic rings. The fraction of sp³-hybridized carbons (Fsp3) is 0.200. The first-order chi connectivity index (χ1) is 6.59. The minimum absolute atomic E-state index is 0.583. The largest absolute Gasteiger partial charge is 0.248 e. The van der Waals surface area contributed by atoms with Gasteiger partial charge in [0.05, 0.1) is 21.4 Å². The van der Waals surface area contributed by atoms with Gasteiger partial charge in [0.2, 0.25) is 0 Å². The van der Waals surface area contributed by atoms with Gasteiger partial charge in [0, 0.05) is 0 Å². The maximum atomic E-state index is 5.99. The summed E-state index contributed by atoms with van der Waals surface area (Å²) in [7, 11) is 0. The zero-order valence-corrected chi connectivity index (χ0v) is 9.32. The summed E-state index contributed by atoms with van der Waals surface area (Å²) < 4.78 is 0. The molecule has 0 saturated carbocycles. The van der Waals surface area contributed by atoms with Crippen molar-refractivity contribution >= 4 is 34.2 Å². The minimum atomic E-state index is 0.583. The van der Waals surface area contributed by atoms with Gasteiger partial charge in [0.25, 0.3) is 0 Å². The quantitative estimate of drug-likeness (QED) is 0.687.